The van der Waals surface area contributed by atoms with Gasteiger partial charge >= 0.3 is 0 Å². The first-order chi connectivity index (χ1) is 11.2. The lowest BCUT2D eigenvalue weighted by Gasteiger charge is -2.33. The highest BCUT2D eigenvalue weighted by molar-refractivity contribution is 7.80. The minimum atomic E-state index is -0.241. The van der Waals surface area contributed by atoms with Crippen molar-refractivity contribution in [3.05, 3.63) is 60.2 Å². The lowest BCUT2D eigenvalue weighted by molar-refractivity contribution is -0.917. The Kier molecular flexibility index (Phi) is 5.15. The molecule has 1 fully saturated rings. The van der Waals surface area contributed by atoms with E-state index < -0.39 is 0 Å². The van der Waals surface area contributed by atoms with Crippen LogP contribution in [0.25, 0.3) is 0 Å². The molecular formula is C17H20FN4S+. The first kappa shape index (κ1) is 15.8. The van der Waals surface area contributed by atoms with E-state index in [4.69, 9.17) is 12.2 Å². The fourth-order valence-electron chi connectivity index (χ4n) is 2.73. The fourth-order valence-corrected chi connectivity index (χ4v) is 3.03. The van der Waals surface area contributed by atoms with Gasteiger partial charge in [0.05, 0.1) is 26.2 Å². The van der Waals surface area contributed by atoms with Crippen molar-refractivity contribution in [3.8, 4) is 0 Å². The van der Waals surface area contributed by atoms with Gasteiger partial charge < -0.3 is 15.1 Å². The SMILES string of the molecule is Fc1ccc(NC(=S)N2CC[NH+](Cc3ccncc3)CC2)cc1. The number of pyridine rings is 1. The van der Waals surface area contributed by atoms with Crippen molar-refractivity contribution in [2.45, 2.75) is 6.54 Å². The zero-order valence-electron chi connectivity index (χ0n) is 12.8. The van der Waals surface area contributed by atoms with Gasteiger partial charge in [0.1, 0.15) is 12.4 Å². The molecule has 1 aliphatic rings. The molecule has 3 rings (SSSR count). The number of hydrogen-bond donors (Lipinski definition) is 2. The average Bonchev–Trinajstić information content (AvgIpc) is 2.58. The first-order valence-electron chi connectivity index (χ1n) is 7.75. The number of halogens is 1. The lowest BCUT2D eigenvalue weighted by atomic mass is 10.2. The minimum absolute atomic E-state index is 0.241. The van der Waals surface area contributed by atoms with Crippen LogP contribution in [0.2, 0.25) is 0 Å². The van der Waals surface area contributed by atoms with Gasteiger partial charge in [-0.15, -0.1) is 0 Å². The molecule has 0 atom stereocenters. The summed E-state index contributed by atoms with van der Waals surface area (Å²) in [4.78, 5) is 7.78. The van der Waals surface area contributed by atoms with Crippen LogP contribution in [-0.4, -0.2) is 41.2 Å². The molecule has 0 unspecified atom stereocenters. The molecule has 0 aliphatic carbocycles. The molecule has 23 heavy (non-hydrogen) atoms. The summed E-state index contributed by atoms with van der Waals surface area (Å²) in [5.41, 5.74) is 2.14. The van der Waals surface area contributed by atoms with E-state index in [1.807, 2.05) is 12.4 Å². The Morgan fingerprint density at radius 2 is 1.78 bits per heavy atom. The summed E-state index contributed by atoms with van der Waals surface area (Å²) in [6.07, 6.45) is 3.68. The predicted octanol–water partition coefficient (Wildman–Crippen LogP) is 1.32. The Balaban J connectivity index is 1.48. The van der Waals surface area contributed by atoms with E-state index in [0.29, 0.717) is 5.11 Å². The van der Waals surface area contributed by atoms with Gasteiger partial charge in [-0.25, -0.2) is 4.39 Å². The second kappa shape index (κ2) is 7.48. The number of thiocarbonyl (C=S) groups is 1. The minimum Gasteiger partial charge on any atom is -0.338 e. The summed E-state index contributed by atoms with van der Waals surface area (Å²) >= 11 is 5.46. The van der Waals surface area contributed by atoms with Gasteiger partial charge in [0.15, 0.2) is 5.11 Å². The summed E-state index contributed by atoms with van der Waals surface area (Å²) < 4.78 is 12.9. The van der Waals surface area contributed by atoms with E-state index in [9.17, 15) is 4.39 Å². The Morgan fingerprint density at radius 3 is 2.43 bits per heavy atom. The topological polar surface area (TPSA) is 32.6 Å². The number of piperazine rings is 1. The quantitative estimate of drug-likeness (QED) is 0.831. The number of anilines is 1. The van der Waals surface area contributed by atoms with Crippen LogP contribution < -0.4 is 10.2 Å². The highest BCUT2D eigenvalue weighted by Crippen LogP contribution is 2.09. The molecule has 120 valence electrons. The van der Waals surface area contributed by atoms with Crippen LogP contribution in [-0.2, 0) is 6.54 Å². The van der Waals surface area contributed by atoms with Gasteiger partial charge in [0, 0.05) is 23.6 Å². The molecular weight excluding hydrogens is 311 g/mol. The van der Waals surface area contributed by atoms with Crippen molar-refractivity contribution >= 4 is 23.0 Å². The van der Waals surface area contributed by atoms with E-state index in [-0.39, 0.29) is 5.82 Å². The molecule has 0 bridgehead atoms. The number of nitrogens with one attached hydrogen (secondary N) is 2. The van der Waals surface area contributed by atoms with Crippen LogP contribution in [0.1, 0.15) is 5.56 Å². The van der Waals surface area contributed by atoms with Gasteiger partial charge in [-0.2, -0.15) is 0 Å². The van der Waals surface area contributed by atoms with Crippen molar-refractivity contribution in [3.63, 3.8) is 0 Å². The monoisotopic (exact) mass is 331 g/mol. The number of quaternary nitrogens is 1. The standard InChI is InChI=1S/C17H19FN4S/c18-15-1-3-16(4-2-15)20-17(23)22-11-9-21(10-12-22)13-14-5-7-19-8-6-14/h1-8H,9-13H2,(H,20,23)/p+1. The molecule has 0 radical (unpaired) electrons. The first-order valence-corrected chi connectivity index (χ1v) is 8.15. The molecule has 0 spiro atoms. The number of benzene rings is 1. The third kappa shape index (κ3) is 4.46. The van der Waals surface area contributed by atoms with Crippen LogP contribution in [0.4, 0.5) is 10.1 Å². The average molecular weight is 331 g/mol. The Morgan fingerprint density at radius 1 is 1.13 bits per heavy atom. The van der Waals surface area contributed by atoms with Crippen molar-refractivity contribution in [1.82, 2.24) is 9.88 Å². The smallest absolute Gasteiger partial charge is 0.173 e. The van der Waals surface area contributed by atoms with E-state index >= 15 is 0 Å². The third-order valence-corrected chi connectivity index (χ3v) is 4.42. The fraction of sp³-hybridized carbons (Fsp3) is 0.294. The van der Waals surface area contributed by atoms with Crippen LogP contribution in [0.5, 0.6) is 0 Å². The number of hydrogen-bond acceptors (Lipinski definition) is 2. The van der Waals surface area contributed by atoms with E-state index in [0.717, 1.165) is 38.4 Å². The molecule has 1 aromatic heterocycles. The van der Waals surface area contributed by atoms with Crippen LogP contribution in [0, 0.1) is 5.82 Å². The largest absolute Gasteiger partial charge is 0.338 e. The van der Waals surface area contributed by atoms with E-state index in [1.54, 1.807) is 17.0 Å². The van der Waals surface area contributed by atoms with Gasteiger partial charge in [-0.3, -0.25) is 4.98 Å². The molecule has 0 saturated carbocycles. The Labute approximate surface area is 140 Å². The van der Waals surface area contributed by atoms with Crippen molar-refractivity contribution in [2.24, 2.45) is 0 Å². The molecule has 1 aliphatic heterocycles. The van der Waals surface area contributed by atoms with E-state index in [1.165, 1.54) is 17.7 Å². The van der Waals surface area contributed by atoms with Gasteiger partial charge in [-0.1, -0.05) is 0 Å². The van der Waals surface area contributed by atoms with Crippen LogP contribution in [0.15, 0.2) is 48.8 Å². The maximum atomic E-state index is 12.9. The highest BCUT2D eigenvalue weighted by atomic mass is 32.1. The van der Waals surface area contributed by atoms with Gasteiger partial charge in [-0.05, 0) is 48.6 Å². The molecule has 1 saturated heterocycles. The van der Waals surface area contributed by atoms with Crippen molar-refractivity contribution < 1.29 is 9.29 Å². The lowest BCUT2D eigenvalue weighted by Crippen LogP contribution is -3.13. The highest BCUT2D eigenvalue weighted by Gasteiger charge is 2.21. The molecule has 2 heterocycles. The second-order valence-corrected chi connectivity index (χ2v) is 6.09. The third-order valence-electron chi connectivity index (χ3n) is 4.06. The summed E-state index contributed by atoms with van der Waals surface area (Å²) in [6, 6.07) is 10.4. The molecule has 2 aromatic rings. The Bertz CT molecular complexity index is 639. The zero-order chi connectivity index (χ0) is 16.1. The maximum absolute atomic E-state index is 12.9. The van der Waals surface area contributed by atoms with Gasteiger partial charge in [0.2, 0.25) is 0 Å². The zero-order valence-corrected chi connectivity index (χ0v) is 13.7. The molecule has 2 N–H and O–H groups in total. The maximum Gasteiger partial charge on any atom is 0.173 e. The van der Waals surface area contributed by atoms with Crippen LogP contribution in [0.3, 0.4) is 0 Å². The normalized spacial score (nSPS) is 15.4. The van der Waals surface area contributed by atoms with Crippen molar-refractivity contribution in [2.75, 3.05) is 31.5 Å². The molecule has 1 aromatic carbocycles. The van der Waals surface area contributed by atoms with Crippen molar-refractivity contribution in [1.29, 1.82) is 0 Å². The number of rotatable bonds is 3. The Hall–Kier alpha value is -2.05. The summed E-state index contributed by atoms with van der Waals surface area (Å²) in [7, 11) is 0. The number of nitrogens with zero attached hydrogens (tertiary/aromatic N) is 2. The summed E-state index contributed by atoms with van der Waals surface area (Å²) in [6.45, 7) is 4.97. The number of aromatic nitrogens is 1. The molecule has 0 amide bonds. The second-order valence-electron chi connectivity index (χ2n) is 5.71. The van der Waals surface area contributed by atoms with Gasteiger partial charge in [0.25, 0.3) is 0 Å². The predicted molar refractivity (Wildman–Crippen MR) is 92.8 cm³/mol. The molecule has 6 heteroatoms. The van der Waals surface area contributed by atoms with Crippen LogP contribution >= 0.6 is 12.2 Å². The van der Waals surface area contributed by atoms with E-state index in [2.05, 4.69) is 27.3 Å². The summed E-state index contributed by atoms with van der Waals surface area (Å²) in [5, 5.41) is 3.88. The summed E-state index contributed by atoms with van der Waals surface area (Å²) in [5.74, 6) is -0.241. The molecule has 4 nitrogen and oxygen atoms in total.